The Labute approximate surface area is 93.2 Å². The molecule has 1 fully saturated rings. The summed E-state index contributed by atoms with van der Waals surface area (Å²) in [4.78, 5) is 10.4. The van der Waals surface area contributed by atoms with Crippen LogP contribution in [0.2, 0.25) is 0 Å². The van der Waals surface area contributed by atoms with Crippen LogP contribution in [0.1, 0.15) is 13.3 Å². The summed E-state index contributed by atoms with van der Waals surface area (Å²) in [6.07, 6.45) is 1.17. The van der Waals surface area contributed by atoms with E-state index in [9.17, 15) is 0 Å². The van der Waals surface area contributed by atoms with E-state index in [-0.39, 0.29) is 6.17 Å². The molecule has 1 saturated heterocycles. The third-order valence-corrected chi connectivity index (χ3v) is 2.67. The molecular weight excluding hydrogens is 246 g/mol. The molecule has 0 aromatic carbocycles. The molecular formula is C9H16BrN3O. The van der Waals surface area contributed by atoms with Crippen LogP contribution >= 0.6 is 15.9 Å². The van der Waals surface area contributed by atoms with Gasteiger partial charge in [-0.3, -0.25) is 4.90 Å². The van der Waals surface area contributed by atoms with Crippen molar-refractivity contribution in [3.8, 4) is 0 Å². The molecule has 80 valence electrons. The van der Waals surface area contributed by atoms with Gasteiger partial charge in [-0.05, 0) is 29.1 Å². The van der Waals surface area contributed by atoms with Crippen molar-refractivity contribution < 1.29 is 4.74 Å². The molecule has 4 nitrogen and oxygen atoms in total. The monoisotopic (exact) mass is 261 g/mol. The Morgan fingerprint density at radius 3 is 2.71 bits per heavy atom. The topological polar surface area (TPSA) is 37.2 Å². The molecule has 0 N–H and O–H groups in total. The van der Waals surface area contributed by atoms with Crippen molar-refractivity contribution in [3.05, 3.63) is 0 Å². The molecule has 0 aromatic heterocycles. The third-order valence-electron chi connectivity index (χ3n) is 2.22. The number of nitrogens with zero attached hydrogens (tertiary/aromatic N) is 3. The molecule has 0 amide bonds. The van der Waals surface area contributed by atoms with Gasteiger partial charge in [0.1, 0.15) is 6.17 Å². The zero-order chi connectivity index (χ0) is 10.4. The van der Waals surface area contributed by atoms with E-state index < -0.39 is 0 Å². The first-order valence-electron chi connectivity index (χ1n) is 4.79. The second kappa shape index (κ2) is 6.27. The SMILES string of the molecule is C=NC(Br)=NC(CC)N1CCOCC1. The third kappa shape index (κ3) is 3.48. The maximum Gasteiger partial charge on any atom is 0.192 e. The lowest BCUT2D eigenvalue weighted by Gasteiger charge is -2.31. The number of hydrogen-bond acceptors (Lipinski definition) is 3. The Balaban J connectivity index is 2.55. The van der Waals surface area contributed by atoms with E-state index in [1.165, 1.54) is 0 Å². The number of amidine groups is 1. The van der Waals surface area contributed by atoms with Crippen LogP contribution in [0.5, 0.6) is 0 Å². The van der Waals surface area contributed by atoms with E-state index >= 15 is 0 Å². The van der Waals surface area contributed by atoms with Crippen LogP contribution in [0, 0.1) is 0 Å². The van der Waals surface area contributed by atoms with Gasteiger partial charge >= 0.3 is 0 Å². The van der Waals surface area contributed by atoms with Crippen LogP contribution in [0.3, 0.4) is 0 Å². The predicted octanol–water partition coefficient (Wildman–Crippen LogP) is 1.51. The van der Waals surface area contributed by atoms with Gasteiger partial charge in [0.25, 0.3) is 0 Å². The van der Waals surface area contributed by atoms with E-state index in [0.29, 0.717) is 4.74 Å². The summed E-state index contributed by atoms with van der Waals surface area (Å²) in [5.74, 6) is 0. The fourth-order valence-corrected chi connectivity index (χ4v) is 1.71. The lowest BCUT2D eigenvalue weighted by molar-refractivity contribution is 0.0177. The van der Waals surface area contributed by atoms with Crippen molar-refractivity contribution >= 4 is 27.4 Å². The van der Waals surface area contributed by atoms with E-state index in [2.05, 4.69) is 44.5 Å². The number of morpholine rings is 1. The first kappa shape index (κ1) is 11.8. The lowest BCUT2D eigenvalue weighted by atomic mass is 10.3. The molecule has 14 heavy (non-hydrogen) atoms. The van der Waals surface area contributed by atoms with Gasteiger partial charge in [-0.2, -0.15) is 0 Å². The van der Waals surface area contributed by atoms with Crippen LogP contribution < -0.4 is 0 Å². The largest absolute Gasteiger partial charge is 0.379 e. The molecule has 0 aromatic rings. The van der Waals surface area contributed by atoms with Crippen molar-refractivity contribution in [2.75, 3.05) is 26.3 Å². The van der Waals surface area contributed by atoms with E-state index in [4.69, 9.17) is 4.74 Å². The highest BCUT2D eigenvalue weighted by Crippen LogP contribution is 2.10. The number of rotatable bonds is 3. The summed E-state index contributed by atoms with van der Waals surface area (Å²) in [6.45, 7) is 9.02. The molecule has 0 saturated carbocycles. The molecule has 1 rings (SSSR count). The highest BCUT2D eigenvalue weighted by Gasteiger charge is 2.18. The van der Waals surface area contributed by atoms with Gasteiger partial charge < -0.3 is 4.74 Å². The van der Waals surface area contributed by atoms with Crippen LogP contribution in [0.15, 0.2) is 9.98 Å². The van der Waals surface area contributed by atoms with E-state index in [1.807, 2.05) is 0 Å². The number of hydrogen-bond donors (Lipinski definition) is 0. The summed E-state index contributed by atoms with van der Waals surface area (Å²) in [5, 5.41) is 0. The standard InChI is InChI=1S/C9H16BrN3O/c1-3-8(12-9(10)11-2)13-4-6-14-7-5-13/h8H,2-7H2,1H3. The zero-order valence-electron chi connectivity index (χ0n) is 8.45. The maximum atomic E-state index is 5.29. The Kier molecular flexibility index (Phi) is 5.29. The molecule has 0 bridgehead atoms. The second-order valence-electron chi connectivity index (χ2n) is 3.09. The maximum absolute atomic E-state index is 5.29. The van der Waals surface area contributed by atoms with Crippen molar-refractivity contribution in [2.45, 2.75) is 19.5 Å². The number of halogens is 1. The molecule has 5 heteroatoms. The van der Waals surface area contributed by atoms with Crippen molar-refractivity contribution in [1.29, 1.82) is 0 Å². The van der Waals surface area contributed by atoms with E-state index in [1.54, 1.807) is 0 Å². The molecule has 1 aliphatic heterocycles. The average Bonchev–Trinajstić information content (AvgIpc) is 2.26. The normalized spacial score (nSPS) is 22.0. The zero-order valence-corrected chi connectivity index (χ0v) is 10.0. The summed E-state index contributed by atoms with van der Waals surface area (Å²) < 4.78 is 5.87. The van der Waals surface area contributed by atoms with Gasteiger partial charge in [0.05, 0.1) is 13.2 Å². The Morgan fingerprint density at radius 1 is 1.57 bits per heavy atom. The predicted molar refractivity (Wildman–Crippen MR) is 62.4 cm³/mol. The highest BCUT2D eigenvalue weighted by molar-refractivity contribution is 9.18. The first-order chi connectivity index (χ1) is 6.77. The van der Waals surface area contributed by atoms with Crippen LogP contribution in [0.4, 0.5) is 0 Å². The number of aliphatic imine (C=N–C) groups is 2. The van der Waals surface area contributed by atoms with Gasteiger partial charge in [-0.25, -0.2) is 9.98 Å². The van der Waals surface area contributed by atoms with Crippen LogP contribution in [0.25, 0.3) is 0 Å². The quantitative estimate of drug-likeness (QED) is 0.439. The van der Waals surface area contributed by atoms with Gasteiger partial charge in [0.15, 0.2) is 4.74 Å². The van der Waals surface area contributed by atoms with Gasteiger partial charge in [0.2, 0.25) is 0 Å². The first-order valence-corrected chi connectivity index (χ1v) is 5.59. The summed E-state index contributed by atoms with van der Waals surface area (Å²) in [5.41, 5.74) is 0. The molecule has 0 spiro atoms. The second-order valence-corrected chi connectivity index (χ2v) is 3.80. The van der Waals surface area contributed by atoms with Gasteiger partial charge in [-0.1, -0.05) is 6.92 Å². The van der Waals surface area contributed by atoms with Gasteiger partial charge in [0, 0.05) is 13.1 Å². The number of ether oxygens (including phenoxy) is 1. The minimum atomic E-state index is 0.193. The molecule has 1 aliphatic rings. The molecule has 0 aliphatic carbocycles. The summed E-state index contributed by atoms with van der Waals surface area (Å²) in [6, 6.07) is 0. The Bertz CT molecular complexity index is 214. The molecule has 1 unspecified atom stereocenters. The van der Waals surface area contributed by atoms with Crippen molar-refractivity contribution in [3.63, 3.8) is 0 Å². The molecule has 1 atom stereocenters. The Hall–Kier alpha value is -0.260. The highest BCUT2D eigenvalue weighted by atomic mass is 79.9. The summed E-state index contributed by atoms with van der Waals surface area (Å²) in [7, 11) is 0. The van der Waals surface area contributed by atoms with Crippen molar-refractivity contribution in [1.82, 2.24) is 4.90 Å². The van der Waals surface area contributed by atoms with Crippen molar-refractivity contribution in [2.24, 2.45) is 9.98 Å². The minimum absolute atomic E-state index is 0.193. The fraction of sp³-hybridized carbons (Fsp3) is 0.778. The smallest absolute Gasteiger partial charge is 0.192 e. The summed E-state index contributed by atoms with van der Waals surface area (Å²) >= 11 is 3.25. The lowest BCUT2D eigenvalue weighted by Crippen LogP contribution is -2.42. The van der Waals surface area contributed by atoms with Gasteiger partial charge in [-0.15, -0.1) is 0 Å². The van der Waals surface area contributed by atoms with Crippen LogP contribution in [-0.4, -0.2) is 48.8 Å². The molecule has 1 heterocycles. The van der Waals surface area contributed by atoms with E-state index in [0.717, 1.165) is 32.7 Å². The fourth-order valence-electron chi connectivity index (χ4n) is 1.47. The van der Waals surface area contributed by atoms with Crippen LogP contribution in [-0.2, 0) is 4.74 Å². The average molecular weight is 262 g/mol. The Morgan fingerprint density at radius 2 is 2.21 bits per heavy atom. The molecule has 0 radical (unpaired) electrons. The minimum Gasteiger partial charge on any atom is -0.379 e.